The predicted octanol–water partition coefficient (Wildman–Crippen LogP) is 4.16. The third kappa shape index (κ3) is 5.44. The maximum atomic E-state index is 11.4. The number of piperidine rings is 1. The number of carboxylic acid groups (broad SMARTS) is 1. The van der Waals surface area contributed by atoms with E-state index in [1.54, 1.807) is 7.11 Å². The second-order valence-electron chi connectivity index (χ2n) is 8.54. The number of hydrogen-bond acceptors (Lipinski definition) is 4. The lowest BCUT2D eigenvalue weighted by Gasteiger charge is -2.38. The Labute approximate surface area is 183 Å². The van der Waals surface area contributed by atoms with Gasteiger partial charge in [-0.15, -0.1) is 0 Å². The maximum Gasteiger partial charge on any atom is 0.303 e. The van der Waals surface area contributed by atoms with Crippen molar-refractivity contribution in [2.75, 3.05) is 26.7 Å². The van der Waals surface area contributed by atoms with Crippen LogP contribution in [0.4, 0.5) is 0 Å². The quantitative estimate of drug-likeness (QED) is 0.542. The minimum atomic E-state index is -0.709. The lowest BCUT2D eigenvalue weighted by atomic mass is 9.81. The van der Waals surface area contributed by atoms with E-state index in [-0.39, 0.29) is 18.3 Å². The van der Waals surface area contributed by atoms with Crippen LogP contribution in [0.1, 0.15) is 30.7 Å². The number of nitrogens with one attached hydrogen (secondary N) is 1. The Morgan fingerprint density at radius 1 is 1.19 bits per heavy atom. The average Bonchev–Trinajstić information content (AvgIpc) is 3.18. The van der Waals surface area contributed by atoms with Crippen molar-refractivity contribution in [1.82, 2.24) is 14.9 Å². The maximum absolute atomic E-state index is 11.4. The number of aromatic amines is 1. The second-order valence-corrected chi connectivity index (χ2v) is 8.54. The van der Waals surface area contributed by atoms with Gasteiger partial charge in [0.2, 0.25) is 0 Å². The fourth-order valence-electron chi connectivity index (χ4n) is 4.80. The van der Waals surface area contributed by atoms with Crippen LogP contribution < -0.4 is 4.74 Å². The number of aryl methyl sites for hydroxylation is 1. The van der Waals surface area contributed by atoms with Crippen LogP contribution in [0.2, 0.25) is 0 Å². The number of imidazole rings is 1. The molecular weight excluding hydrogens is 390 g/mol. The smallest absolute Gasteiger partial charge is 0.303 e. The third-order valence-corrected chi connectivity index (χ3v) is 6.40. The minimum absolute atomic E-state index is 0.179. The molecule has 1 fully saturated rings. The van der Waals surface area contributed by atoms with Crippen molar-refractivity contribution in [3.8, 4) is 5.75 Å². The summed E-state index contributed by atoms with van der Waals surface area (Å²) in [5.41, 5.74) is 3.17. The van der Waals surface area contributed by atoms with Crippen LogP contribution in [-0.2, 0) is 17.6 Å². The zero-order valence-electron chi connectivity index (χ0n) is 18.1. The highest BCUT2D eigenvalue weighted by Crippen LogP contribution is 2.31. The minimum Gasteiger partial charge on any atom is -0.494 e. The van der Waals surface area contributed by atoms with Gasteiger partial charge in [0.15, 0.2) is 0 Å². The summed E-state index contributed by atoms with van der Waals surface area (Å²) in [5, 5.41) is 9.41. The van der Waals surface area contributed by atoms with Gasteiger partial charge in [0.1, 0.15) is 17.1 Å². The molecule has 4 rings (SSSR count). The van der Waals surface area contributed by atoms with Crippen molar-refractivity contribution in [3.63, 3.8) is 0 Å². The molecule has 6 nitrogen and oxygen atoms in total. The highest BCUT2D eigenvalue weighted by Gasteiger charge is 2.31. The normalized spacial score (nSPS) is 19.5. The number of ether oxygens (including phenoxy) is 1. The van der Waals surface area contributed by atoms with Gasteiger partial charge in [0.05, 0.1) is 12.6 Å². The van der Waals surface area contributed by atoms with Crippen molar-refractivity contribution in [2.24, 2.45) is 11.8 Å². The topological polar surface area (TPSA) is 78.5 Å². The lowest BCUT2D eigenvalue weighted by molar-refractivity contribution is -0.139. The Balaban J connectivity index is 1.42. The van der Waals surface area contributed by atoms with Gasteiger partial charge >= 0.3 is 5.97 Å². The number of benzene rings is 2. The molecule has 0 bridgehead atoms. The van der Waals surface area contributed by atoms with E-state index in [0.29, 0.717) is 0 Å². The zero-order chi connectivity index (χ0) is 21.6. The summed E-state index contributed by atoms with van der Waals surface area (Å²) < 4.78 is 5.43. The van der Waals surface area contributed by atoms with Crippen molar-refractivity contribution in [1.29, 1.82) is 0 Å². The molecule has 2 heterocycles. The van der Waals surface area contributed by atoms with E-state index in [0.717, 1.165) is 67.9 Å². The molecule has 0 radical (unpaired) electrons. The highest BCUT2D eigenvalue weighted by molar-refractivity contribution is 5.81. The van der Waals surface area contributed by atoms with Gasteiger partial charge in [0.25, 0.3) is 0 Å². The van der Waals surface area contributed by atoms with Crippen molar-refractivity contribution >= 4 is 17.0 Å². The number of fused-ring (bicyclic) bond motifs is 1. The number of rotatable bonds is 9. The second kappa shape index (κ2) is 9.96. The SMILES string of the molecule is COc1cccc2[nH]c(C[C@H]3CN(CCCc4ccccc4)CC[C@H]3CC(=O)O)nc12. The molecule has 6 heteroatoms. The van der Waals surface area contributed by atoms with Gasteiger partial charge in [-0.3, -0.25) is 4.79 Å². The number of aromatic nitrogens is 2. The fourth-order valence-corrected chi connectivity index (χ4v) is 4.80. The molecule has 2 atom stereocenters. The first-order valence-corrected chi connectivity index (χ1v) is 11.1. The number of carbonyl (C=O) groups is 1. The Bertz CT molecular complexity index is 1000. The molecule has 0 aliphatic carbocycles. The van der Waals surface area contributed by atoms with E-state index in [1.807, 2.05) is 18.2 Å². The number of methoxy groups -OCH3 is 1. The zero-order valence-corrected chi connectivity index (χ0v) is 18.1. The van der Waals surface area contributed by atoms with Crippen LogP contribution in [0.5, 0.6) is 5.75 Å². The summed E-state index contributed by atoms with van der Waals surface area (Å²) in [6.45, 7) is 2.93. The number of H-pyrrole nitrogens is 1. The summed E-state index contributed by atoms with van der Waals surface area (Å²) in [6, 6.07) is 16.4. The molecule has 2 aromatic carbocycles. The third-order valence-electron chi connectivity index (χ3n) is 6.40. The average molecular weight is 422 g/mol. The number of carboxylic acids is 1. The summed E-state index contributed by atoms with van der Waals surface area (Å²) in [7, 11) is 1.65. The molecule has 1 aliphatic heterocycles. The van der Waals surface area contributed by atoms with E-state index in [1.165, 1.54) is 5.56 Å². The molecule has 0 amide bonds. The van der Waals surface area contributed by atoms with E-state index >= 15 is 0 Å². The molecule has 1 aromatic heterocycles. The summed E-state index contributed by atoms with van der Waals surface area (Å²) in [5.74, 6) is 1.41. The van der Waals surface area contributed by atoms with Gasteiger partial charge in [-0.25, -0.2) is 4.98 Å². The molecule has 2 N–H and O–H groups in total. The predicted molar refractivity (Wildman–Crippen MR) is 121 cm³/mol. The van der Waals surface area contributed by atoms with Gasteiger partial charge in [-0.2, -0.15) is 0 Å². The first kappa shape index (κ1) is 21.4. The Kier molecular flexibility index (Phi) is 6.87. The largest absolute Gasteiger partial charge is 0.494 e. The van der Waals surface area contributed by atoms with Crippen molar-refractivity contribution in [2.45, 2.75) is 32.1 Å². The van der Waals surface area contributed by atoms with Gasteiger partial charge in [-0.05, 0) is 61.9 Å². The fraction of sp³-hybridized carbons (Fsp3) is 0.440. The lowest BCUT2D eigenvalue weighted by Crippen LogP contribution is -2.42. The molecule has 0 spiro atoms. The molecule has 1 aliphatic rings. The van der Waals surface area contributed by atoms with Crippen LogP contribution in [0.15, 0.2) is 48.5 Å². The Morgan fingerprint density at radius 3 is 2.81 bits per heavy atom. The number of para-hydroxylation sites is 1. The standard InChI is InChI=1S/C25H31N3O3/c1-31-22-11-5-10-21-25(22)27-23(26-21)15-20-17-28(14-12-19(20)16-24(29)30)13-6-9-18-7-3-2-4-8-18/h2-5,7-8,10-11,19-20H,6,9,12-17H2,1H3,(H,26,27)(H,29,30)/t19-,20-/m0/s1. The van der Waals surface area contributed by atoms with E-state index in [9.17, 15) is 9.90 Å². The van der Waals surface area contributed by atoms with Crippen LogP contribution in [0.3, 0.4) is 0 Å². The molecule has 31 heavy (non-hydrogen) atoms. The molecule has 0 saturated carbocycles. The molecule has 1 saturated heterocycles. The molecular formula is C25H31N3O3. The van der Waals surface area contributed by atoms with E-state index < -0.39 is 5.97 Å². The van der Waals surface area contributed by atoms with Crippen LogP contribution in [0, 0.1) is 11.8 Å². The van der Waals surface area contributed by atoms with Crippen molar-refractivity contribution < 1.29 is 14.6 Å². The Hall–Kier alpha value is -2.86. The van der Waals surface area contributed by atoms with Gasteiger partial charge < -0.3 is 19.7 Å². The van der Waals surface area contributed by atoms with E-state index in [4.69, 9.17) is 9.72 Å². The molecule has 164 valence electrons. The van der Waals surface area contributed by atoms with E-state index in [2.05, 4.69) is 40.2 Å². The Morgan fingerprint density at radius 2 is 2.03 bits per heavy atom. The summed E-state index contributed by atoms with van der Waals surface area (Å²) >= 11 is 0. The summed E-state index contributed by atoms with van der Waals surface area (Å²) in [6.07, 6.45) is 4.09. The van der Waals surface area contributed by atoms with Crippen LogP contribution in [0.25, 0.3) is 11.0 Å². The van der Waals surface area contributed by atoms with Crippen LogP contribution >= 0.6 is 0 Å². The monoisotopic (exact) mass is 421 g/mol. The van der Waals surface area contributed by atoms with Gasteiger partial charge in [-0.1, -0.05) is 36.4 Å². The first-order valence-electron chi connectivity index (χ1n) is 11.1. The van der Waals surface area contributed by atoms with Crippen molar-refractivity contribution in [3.05, 3.63) is 59.9 Å². The first-order chi connectivity index (χ1) is 15.1. The number of likely N-dealkylation sites (tertiary alicyclic amines) is 1. The number of aliphatic carboxylic acids is 1. The number of hydrogen-bond donors (Lipinski definition) is 2. The van der Waals surface area contributed by atoms with Crippen LogP contribution in [-0.4, -0.2) is 52.7 Å². The highest BCUT2D eigenvalue weighted by atomic mass is 16.5. The summed E-state index contributed by atoms with van der Waals surface area (Å²) in [4.78, 5) is 22.1. The van der Waals surface area contributed by atoms with Gasteiger partial charge in [0, 0.05) is 19.4 Å². The molecule has 3 aromatic rings. The number of nitrogens with zero attached hydrogens (tertiary/aromatic N) is 2. The molecule has 0 unspecified atom stereocenters.